The summed E-state index contributed by atoms with van der Waals surface area (Å²) < 4.78 is 6.69. The van der Waals surface area contributed by atoms with Crippen LogP contribution in [0.25, 0.3) is 0 Å². The number of hydrogen-bond acceptors (Lipinski definition) is 1. The predicted octanol–water partition coefficient (Wildman–Crippen LogP) is 4.37. The van der Waals surface area contributed by atoms with Gasteiger partial charge < -0.3 is 4.43 Å². The maximum absolute atomic E-state index is 6.69. The lowest BCUT2D eigenvalue weighted by atomic mass is 10.2. The molecule has 0 bridgehead atoms. The third kappa shape index (κ3) is 4.67. The molecule has 2 aromatic rings. The predicted molar refractivity (Wildman–Crippen MR) is 114 cm³/mol. The van der Waals surface area contributed by atoms with E-state index < -0.39 is 8.32 Å². The van der Waals surface area contributed by atoms with E-state index in [4.69, 9.17) is 4.43 Å². The molecule has 26 heavy (non-hydrogen) atoms. The molecule has 0 atom stereocenters. The van der Waals surface area contributed by atoms with E-state index in [1.807, 2.05) is 6.92 Å². The second kappa shape index (κ2) is 9.44. The lowest BCUT2D eigenvalue weighted by Gasteiger charge is -2.42. The minimum absolute atomic E-state index is 0.0145. The van der Waals surface area contributed by atoms with Gasteiger partial charge in [0, 0.05) is 6.42 Å². The van der Waals surface area contributed by atoms with E-state index in [9.17, 15) is 0 Å². The Morgan fingerprint density at radius 1 is 0.769 bits per heavy atom. The normalized spacial score (nSPS) is 11.1. The van der Waals surface area contributed by atoms with E-state index in [1.165, 1.54) is 10.4 Å². The van der Waals surface area contributed by atoms with Crippen LogP contribution in [0.3, 0.4) is 0 Å². The van der Waals surface area contributed by atoms with Crippen molar-refractivity contribution in [3.8, 4) is 23.7 Å². The maximum atomic E-state index is 6.69. The molecule has 0 spiro atoms. The number of rotatable bonds is 4. The fourth-order valence-corrected chi connectivity index (χ4v) is 7.70. The van der Waals surface area contributed by atoms with Crippen molar-refractivity contribution in [3.05, 3.63) is 60.7 Å². The fraction of sp³-hybridized carbons (Fsp3) is 0.333. The average molecular weight is 361 g/mol. The molecular weight excluding hydrogens is 332 g/mol. The summed E-state index contributed by atoms with van der Waals surface area (Å²) in [5.74, 6) is 12.4. The fourth-order valence-electron chi connectivity index (χ4n) is 3.25. The van der Waals surface area contributed by atoms with Gasteiger partial charge in [0.15, 0.2) is 0 Å². The molecule has 0 saturated heterocycles. The minimum atomic E-state index is -2.46. The van der Waals surface area contributed by atoms with Gasteiger partial charge in [-0.15, -0.1) is 5.92 Å². The van der Waals surface area contributed by atoms with E-state index in [0.717, 1.165) is 6.42 Å². The van der Waals surface area contributed by atoms with Crippen molar-refractivity contribution in [3.63, 3.8) is 0 Å². The van der Waals surface area contributed by atoms with Crippen LogP contribution >= 0.6 is 0 Å². The van der Waals surface area contributed by atoms with Crippen molar-refractivity contribution < 1.29 is 4.43 Å². The van der Waals surface area contributed by atoms with Gasteiger partial charge in [-0.05, 0) is 15.4 Å². The zero-order valence-electron chi connectivity index (χ0n) is 16.3. The largest absolute Gasteiger partial charge is 0.396 e. The van der Waals surface area contributed by atoms with Crippen molar-refractivity contribution in [1.29, 1.82) is 0 Å². The molecule has 0 radical (unpaired) electrons. The van der Waals surface area contributed by atoms with E-state index in [-0.39, 0.29) is 5.04 Å². The lowest BCUT2D eigenvalue weighted by molar-refractivity contribution is 0.346. The molecule has 0 unspecified atom stereocenters. The van der Waals surface area contributed by atoms with Gasteiger partial charge >= 0.3 is 0 Å². The zero-order valence-corrected chi connectivity index (χ0v) is 17.3. The van der Waals surface area contributed by atoms with E-state index >= 15 is 0 Å². The standard InChI is InChI=1S/C24H28OSi/c1-5-6-7-8-9-16-21-25-26(24(2,3)4,22-17-12-10-13-18-22)23-19-14-11-15-20-23/h10-15,17-20H,5,8,21H2,1-4H3. The Bertz CT molecular complexity index is 756. The molecular formula is C24H28OSi. The van der Waals surface area contributed by atoms with E-state index in [1.54, 1.807) is 0 Å². The third-order valence-electron chi connectivity index (χ3n) is 4.38. The summed E-state index contributed by atoms with van der Waals surface area (Å²) in [5.41, 5.74) is 0. The van der Waals surface area contributed by atoms with Crippen LogP contribution in [0.2, 0.25) is 5.04 Å². The molecule has 0 saturated carbocycles. The van der Waals surface area contributed by atoms with Gasteiger partial charge in [-0.3, -0.25) is 0 Å². The summed E-state index contributed by atoms with van der Waals surface area (Å²) in [4.78, 5) is 0. The van der Waals surface area contributed by atoms with Crippen LogP contribution < -0.4 is 10.4 Å². The topological polar surface area (TPSA) is 9.23 Å². The second-order valence-corrected chi connectivity index (χ2v) is 11.5. The minimum Gasteiger partial charge on any atom is -0.396 e. The first-order valence-electron chi connectivity index (χ1n) is 9.19. The van der Waals surface area contributed by atoms with Gasteiger partial charge in [-0.1, -0.05) is 106 Å². The SMILES string of the molecule is CCC#CCC#CCO[Si](c1ccccc1)(c1ccccc1)C(C)(C)C. The molecule has 134 valence electrons. The van der Waals surface area contributed by atoms with Crippen molar-refractivity contribution in [2.24, 2.45) is 0 Å². The molecule has 1 nitrogen and oxygen atoms in total. The molecule has 0 aliphatic rings. The highest BCUT2D eigenvalue weighted by molar-refractivity contribution is 6.99. The van der Waals surface area contributed by atoms with Crippen molar-refractivity contribution >= 4 is 18.7 Å². The average Bonchev–Trinajstić information content (AvgIpc) is 2.64. The summed E-state index contributed by atoms with van der Waals surface area (Å²) in [6.07, 6.45) is 1.48. The molecule has 0 N–H and O–H groups in total. The smallest absolute Gasteiger partial charge is 0.262 e. The van der Waals surface area contributed by atoms with Crippen LogP contribution in [0.15, 0.2) is 60.7 Å². The summed E-state index contributed by atoms with van der Waals surface area (Å²) in [7, 11) is -2.46. The van der Waals surface area contributed by atoms with Gasteiger partial charge in [0.2, 0.25) is 0 Å². The van der Waals surface area contributed by atoms with Crippen LogP contribution in [0.4, 0.5) is 0 Å². The molecule has 0 aliphatic carbocycles. The Hall–Kier alpha value is -2.26. The Morgan fingerprint density at radius 2 is 1.27 bits per heavy atom. The number of hydrogen-bond donors (Lipinski definition) is 0. The molecule has 2 heteroatoms. The van der Waals surface area contributed by atoms with E-state index in [0.29, 0.717) is 13.0 Å². The Morgan fingerprint density at radius 3 is 1.73 bits per heavy atom. The second-order valence-electron chi connectivity index (χ2n) is 7.19. The Balaban J connectivity index is 2.41. The molecule has 0 aliphatic heterocycles. The van der Waals surface area contributed by atoms with Crippen molar-refractivity contribution in [1.82, 2.24) is 0 Å². The van der Waals surface area contributed by atoms with Gasteiger partial charge in [0.25, 0.3) is 8.32 Å². The van der Waals surface area contributed by atoms with Crippen LogP contribution in [0, 0.1) is 23.7 Å². The summed E-state index contributed by atoms with van der Waals surface area (Å²) in [5, 5.41) is 2.55. The van der Waals surface area contributed by atoms with Gasteiger partial charge in [0.1, 0.15) is 0 Å². The van der Waals surface area contributed by atoms with Crippen LogP contribution in [0.1, 0.15) is 40.5 Å². The van der Waals surface area contributed by atoms with Crippen molar-refractivity contribution in [2.45, 2.75) is 45.6 Å². The van der Waals surface area contributed by atoms with Crippen LogP contribution in [-0.2, 0) is 4.43 Å². The van der Waals surface area contributed by atoms with Crippen molar-refractivity contribution in [2.75, 3.05) is 6.61 Å². The van der Waals surface area contributed by atoms with E-state index in [2.05, 4.69) is 105 Å². The monoisotopic (exact) mass is 360 g/mol. The first kappa shape index (κ1) is 20.1. The van der Waals surface area contributed by atoms with Gasteiger partial charge in [-0.25, -0.2) is 0 Å². The highest BCUT2D eigenvalue weighted by Gasteiger charge is 2.49. The zero-order chi connectivity index (χ0) is 18.9. The van der Waals surface area contributed by atoms with Crippen LogP contribution in [-0.4, -0.2) is 14.9 Å². The molecule has 0 aromatic heterocycles. The highest BCUT2D eigenvalue weighted by atomic mass is 28.4. The summed E-state index contributed by atoms with van der Waals surface area (Å²) >= 11 is 0. The lowest BCUT2D eigenvalue weighted by Crippen LogP contribution is -2.66. The quantitative estimate of drug-likeness (QED) is 0.581. The molecule has 0 heterocycles. The maximum Gasteiger partial charge on any atom is 0.262 e. The summed E-state index contributed by atoms with van der Waals surface area (Å²) in [6.45, 7) is 9.31. The molecule has 2 aromatic carbocycles. The third-order valence-corrected chi connectivity index (χ3v) is 9.36. The van der Waals surface area contributed by atoms with Gasteiger partial charge in [-0.2, -0.15) is 0 Å². The molecule has 2 rings (SSSR count). The Kier molecular flexibility index (Phi) is 7.28. The van der Waals surface area contributed by atoms with Crippen LogP contribution in [0.5, 0.6) is 0 Å². The first-order chi connectivity index (χ1) is 12.5. The first-order valence-corrected chi connectivity index (χ1v) is 11.1. The Labute approximate surface area is 159 Å². The summed E-state index contributed by atoms with van der Waals surface area (Å²) in [6, 6.07) is 21.3. The highest BCUT2D eigenvalue weighted by Crippen LogP contribution is 2.36. The molecule has 0 fully saturated rings. The number of benzene rings is 2. The van der Waals surface area contributed by atoms with Gasteiger partial charge in [0.05, 0.1) is 13.0 Å². The molecule has 0 amide bonds.